The van der Waals surface area contributed by atoms with Gasteiger partial charge in [-0.15, -0.1) is 0 Å². The second-order valence-electron chi connectivity index (χ2n) is 2.41. The van der Waals surface area contributed by atoms with E-state index in [-0.39, 0.29) is 6.10 Å². The van der Waals surface area contributed by atoms with E-state index in [4.69, 9.17) is 26.5 Å². The molecule has 0 aromatic rings. The molecule has 1 unspecified atom stereocenters. The number of nitrogens with one attached hydrogen (secondary N) is 1. The average molecular weight is 207 g/mol. The number of aliphatic imine (C=N–C) groups is 1. The molecule has 76 valence electrons. The van der Waals surface area contributed by atoms with Crippen molar-refractivity contribution in [3.8, 4) is 0 Å². The lowest BCUT2D eigenvalue weighted by atomic mass is 10.4. The van der Waals surface area contributed by atoms with Crippen molar-refractivity contribution < 1.29 is 9.47 Å². The van der Waals surface area contributed by atoms with Crippen LogP contribution in [0.5, 0.6) is 0 Å². The summed E-state index contributed by atoms with van der Waals surface area (Å²) in [6, 6.07) is 0. The zero-order valence-corrected chi connectivity index (χ0v) is 8.67. The molecule has 1 N–H and O–H groups in total. The van der Waals surface area contributed by atoms with Crippen molar-refractivity contribution in [2.75, 3.05) is 26.9 Å². The first-order chi connectivity index (χ1) is 6.20. The molecule has 13 heavy (non-hydrogen) atoms. The Morgan fingerprint density at radius 3 is 2.77 bits per heavy atom. The molecule has 0 spiro atoms. The summed E-state index contributed by atoms with van der Waals surface area (Å²) < 4.78 is 10.0. The van der Waals surface area contributed by atoms with Crippen LogP contribution in [-0.4, -0.2) is 44.4 Å². The third-order valence-electron chi connectivity index (χ3n) is 1.29. The van der Waals surface area contributed by atoms with Crippen molar-refractivity contribution in [2.24, 2.45) is 4.99 Å². The Labute approximate surface area is 83.4 Å². The van der Waals surface area contributed by atoms with E-state index < -0.39 is 0 Å². The van der Waals surface area contributed by atoms with Gasteiger partial charge in [0.1, 0.15) is 6.10 Å². The summed E-state index contributed by atoms with van der Waals surface area (Å²) in [5, 5.41) is 7.51. The van der Waals surface area contributed by atoms with E-state index in [9.17, 15) is 0 Å². The van der Waals surface area contributed by atoms with Gasteiger partial charge in [0, 0.05) is 13.3 Å². The number of methoxy groups -OCH3 is 1. The maximum absolute atomic E-state index is 7.04. The highest BCUT2D eigenvalue weighted by Gasteiger charge is 2.03. The highest BCUT2D eigenvalue weighted by molar-refractivity contribution is 6.64. The molecule has 0 fully saturated rings. The van der Waals surface area contributed by atoms with Gasteiger partial charge in [-0.3, -0.25) is 4.99 Å². The molecule has 0 aliphatic heterocycles. The normalized spacial score (nSPS) is 14.2. The van der Waals surface area contributed by atoms with Gasteiger partial charge in [0.05, 0.1) is 24.9 Å². The molecule has 0 rings (SSSR count). The van der Waals surface area contributed by atoms with Crippen molar-refractivity contribution in [2.45, 2.75) is 13.0 Å². The molecule has 0 radical (unpaired) electrons. The molecular weight excluding hydrogens is 192 g/mol. The van der Waals surface area contributed by atoms with Crippen LogP contribution in [0.2, 0.25) is 0 Å². The summed E-state index contributed by atoms with van der Waals surface area (Å²) in [6.45, 7) is 3.07. The quantitative estimate of drug-likeness (QED) is 0.505. The molecule has 0 bridgehead atoms. The van der Waals surface area contributed by atoms with Crippen molar-refractivity contribution in [1.29, 1.82) is 5.41 Å². The van der Waals surface area contributed by atoms with Gasteiger partial charge in [0.15, 0.2) is 0 Å². The Morgan fingerprint density at radius 2 is 2.31 bits per heavy atom. The van der Waals surface area contributed by atoms with Crippen LogP contribution in [0, 0.1) is 5.41 Å². The Balaban J connectivity index is 3.63. The van der Waals surface area contributed by atoms with Crippen molar-refractivity contribution in [3.05, 3.63) is 0 Å². The predicted molar refractivity (Wildman–Crippen MR) is 54.2 cm³/mol. The van der Waals surface area contributed by atoms with E-state index in [1.54, 1.807) is 14.0 Å². The second-order valence-corrected chi connectivity index (χ2v) is 2.95. The largest absolute Gasteiger partial charge is 0.382 e. The second kappa shape index (κ2) is 8.16. The summed E-state index contributed by atoms with van der Waals surface area (Å²) in [5.74, 6) is 0. The van der Waals surface area contributed by atoms with E-state index in [0.29, 0.717) is 24.9 Å². The number of halogens is 1. The molecule has 0 aromatic carbocycles. The Morgan fingerprint density at radius 1 is 1.62 bits per heavy atom. The van der Waals surface area contributed by atoms with Gasteiger partial charge >= 0.3 is 0 Å². The van der Waals surface area contributed by atoms with Gasteiger partial charge in [0.2, 0.25) is 0 Å². The minimum atomic E-state index is -0.302. The summed E-state index contributed by atoms with van der Waals surface area (Å²) >= 11 is 5.53. The van der Waals surface area contributed by atoms with E-state index in [1.165, 1.54) is 6.21 Å². The fraction of sp³-hybridized carbons (Fsp3) is 0.750. The molecule has 1 atom stereocenters. The van der Waals surface area contributed by atoms with Gasteiger partial charge in [-0.25, -0.2) is 0 Å². The van der Waals surface area contributed by atoms with Crippen LogP contribution >= 0.6 is 11.6 Å². The van der Waals surface area contributed by atoms with Gasteiger partial charge in [-0.05, 0) is 6.92 Å². The number of hydrogen-bond acceptors (Lipinski definition) is 4. The van der Waals surface area contributed by atoms with E-state index in [2.05, 4.69) is 4.99 Å². The van der Waals surface area contributed by atoms with E-state index in [1.807, 2.05) is 0 Å². The smallest absolute Gasteiger partial charge is 0.111 e. The zero-order valence-electron chi connectivity index (χ0n) is 7.92. The van der Waals surface area contributed by atoms with Gasteiger partial charge in [-0.1, -0.05) is 11.6 Å². The van der Waals surface area contributed by atoms with Gasteiger partial charge in [0.25, 0.3) is 0 Å². The fourth-order valence-electron chi connectivity index (χ4n) is 0.652. The molecule has 0 aromatic heterocycles. The van der Waals surface area contributed by atoms with Crippen LogP contribution in [0.1, 0.15) is 6.92 Å². The summed E-state index contributed by atoms with van der Waals surface area (Å²) in [7, 11) is 1.60. The predicted octanol–water partition coefficient (Wildman–Crippen LogP) is 1.32. The van der Waals surface area contributed by atoms with Crippen LogP contribution in [0.4, 0.5) is 0 Å². The zero-order chi connectivity index (χ0) is 10.1. The first kappa shape index (κ1) is 12.6. The lowest BCUT2D eigenvalue weighted by Crippen LogP contribution is -2.20. The van der Waals surface area contributed by atoms with Crippen LogP contribution < -0.4 is 0 Å². The summed E-state index contributed by atoms with van der Waals surface area (Å²) in [6.07, 6.45) is 0.905. The maximum Gasteiger partial charge on any atom is 0.111 e. The molecule has 5 heteroatoms. The molecular formula is C8H15ClN2O2. The van der Waals surface area contributed by atoms with Crippen LogP contribution in [0.15, 0.2) is 4.99 Å². The first-order valence-corrected chi connectivity index (χ1v) is 4.36. The Kier molecular flexibility index (Phi) is 7.88. The Bertz CT molecular complexity index is 170. The van der Waals surface area contributed by atoms with Crippen LogP contribution in [0.25, 0.3) is 0 Å². The highest BCUT2D eigenvalue weighted by Crippen LogP contribution is 1.92. The molecule has 0 heterocycles. The Hall–Kier alpha value is -0.450. The molecule has 0 saturated carbocycles. The lowest BCUT2D eigenvalue weighted by Gasteiger charge is -2.09. The topological polar surface area (TPSA) is 54.7 Å². The standard InChI is InChI=1S/C8H15ClN2O2/c1-7(9)11-6-8(5-10)13-4-3-12-2/h5,8,10H,3-4,6H2,1-2H3/b10-5?,11-7+. The SMILES string of the molecule is COCCOC(C=N)C/N=C(\C)Cl. The third-order valence-corrected chi connectivity index (χ3v) is 1.41. The molecule has 0 aliphatic rings. The molecule has 0 aliphatic carbocycles. The lowest BCUT2D eigenvalue weighted by molar-refractivity contribution is 0.0533. The maximum atomic E-state index is 7.04. The minimum Gasteiger partial charge on any atom is -0.382 e. The number of ether oxygens (including phenoxy) is 2. The van der Waals surface area contributed by atoms with Crippen molar-refractivity contribution >= 4 is 23.0 Å². The summed E-state index contributed by atoms with van der Waals surface area (Å²) in [5.41, 5.74) is 0. The monoisotopic (exact) mass is 206 g/mol. The van der Waals surface area contributed by atoms with Crippen molar-refractivity contribution in [1.82, 2.24) is 0 Å². The van der Waals surface area contributed by atoms with Crippen LogP contribution in [-0.2, 0) is 9.47 Å². The van der Waals surface area contributed by atoms with Crippen LogP contribution in [0.3, 0.4) is 0 Å². The van der Waals surface area contributed by atoms with Gasteiger partial charge in [-0.2, -0.15) is 0 Å². The average Bonchev–Trinajstić information content (AvgIpc) is 2.10. The number of nitrogens with zero attached hydrogens (tertiary/aromatic N) is 1. The first-order valence-electron chi connectivity index (χ1n) is 3.98. The summed E-state index contributed by atoms with van der Waals surface area (Å²) in [4.78, 5) is 3.94. The highest BCUT2D eigenvalue weighted by atomic mass is 35.5. The van der Waals surface area contributed by atoms with Gasteiger partial charge < -0.3 is 14.9 Å². The molecule has 4 nitrogen and oxygen atoms in total. The fourth-order valence-corrected chi connectivity index (χ4v) is 0.721. The molecule has 0 saturated heterocycles. The van der Waals surface area contributed by atoms with E-state index >= 15 is 0 Å². The minimum absolute atomic E-state index is 0.302. The van der Waals surface area contributed by atoms with E-state index in [0.717, 1.165) is 0 Å². The van der Waals surface area contributed by atoms with Crippen molar-refractivity contribution in [3.63, 3.8) is 0 Å². The molecule has 0 amide bonds. The third kappa shape index (κ3) is 7.90. The number of rotatable bonds is 7. The number of hydrogen-bond donors (Lipinski definition) is 1.